The summed E-state index contributed by atoms with van der Waals surface area (Å²) in [7, 11) is 1.58. The van der Waals surface area contributed by atoms with Crippen molar-refractivity contribution in [3.05, 3.63) is 59.3 Å². The molecule has 0 fully saturated rings. The third-order valence-electron chi connectivity index (χ3n) is 3.97. The fraction of sp³-hybridized carbons (Fsp3) is 0.250. The average Bonchev–Trinajstić information content (AvgIpc) is 3.17. The Hall–Kier alpha value is -3.35. The maximum Gasteiger partial charge on any atom is 0.361 e. The topological polar surface area (TPSA) is 86.3 Å². The molecule has 0 atom stereocenters. The quantitative estimate of drug-likeness (QED) is 0.643. The lowest BCUT2D eigenvalue weighted by Gasteiger charge is -2.12. The van der Waals surface area contributed by atoms with Crippen LogP contribution in [0.4, 0.5) is 0 Å². The summed E-state index contributed by atoms with van der Waals surface area (Å²) in [5, 5.41) is 10.5. The summed E-state index contributed by atoms with van der Waals surface area (Å²) in [4.78, 5) is 12.0. The van der Waals surface area contributed by atoms with E-state index in [1.54, 1.807) is 32.2 Å². The van der Waals surface area contributed by atoms with Gasteiger partial charge in [0.1, 0.15) is 12.3 Å². The van der Waals surface area contributed by atoms with Gasteiger partial charge < -0.3 is 14.2 Å². The van der Waals surface area contributed by atoms with E-state index in [0.29, 0.717) is 29.4 Å². The summed E-state index contributed by atoms with van der Waals surface area (Å²) in [6.45, 7) is 4.43. The fourth-order valence-corrected chi connectivity index (χ4v) is 2.56. The van der Waals surface area contributed by atoms with Crippen LogP contribution in [-0.2, 0) is 11.3 Å². The molecular formula is C20H21N3O4. The first-order valence-corrected chi connectivity index (χ1v) is 8.57. The standard InChI is InChI=1S/C20H21N3O4/c1-4-26-20(24)19-18(21-23-22-19)15-9-10-16(25-3)17(11-15)27-12-14-7-5-13(2)6-8-14/h5-11H,4,12H2,1-3H3,(H,21,22,23). The first kappa shape index (κ1) is 18.4. The Kier molecular flexibility index (Phi) is 5.71. The lowest BCUT2D eigenvalue weighted by Crippen LogP contribution is -2.07. The van der Waals surface area contributed by atoms with Crippen LogP contribution in [0.1, 0.15) is 28.5 Å². The van der Waals surface area contributed by atoms with E-state index in [1.165, 1.54) is 5.56 Å². The van der Waals surface area contributed by atoms with Gasteiger partial charge in [0, 0.05) is 5.56 Å². The monoisotopic (exact) mass is 367 g/mol. The van der Waals surface area contributed by atoms with Gasteiger partial charge in [-0.3, -0.25) is 0 Å². The molecule has 0 aliphatic heterocycles. The number of methoxy groups -OCH3 is 1. The van der Waals surface area contributed by atoms with Crippen molar-refractivity contribution in [2.75, 3.05) is 13.7 Å². The van der Waals surface area contributed by atoms with Crippen LogP contribution in [0.5, 0.6) is 11.5 Å². The number of nitrogens with one attached hydrogen (secondary N) is 1. The first-order chi connectivity index (χ1) is 13.1. The number of aromatic amines is 1. The zero-order valence-electron chi connectivity index (χ0n) is 15.5. The molecule has 27 heavy (non-hydrogen) atoms. The SMILES string of the molecule is CCOC(=O)c1n[nH]nc1-c1ccc(OC)c(OCc2ccc(C)cc2)c1. The molecule has 2 aromatic carbocycles. The molecule has 3 aromatic rings. The van der Waals surface area contributed by atoms with E-state index in [2.05, 4.69) is 15.4 Å². The van der Waals surface area contributed by atoms with Gasteiger partial charge >= 0.3 is 5.97 Å². The van der Waals surface area contributed by atoms with Gasteiger partial charge in [0.25, 0.3) is 0 Å². The Labute approximate surface area is 157 Å². The summed E-state index contributed by atoms with van der Waals surface area (Å²) >= 11 is 0. The van der Waals surface area contributed by atoms with Gasteiger partial charge in [-0.15, -0.1) is 5.10 Å². The van der Waals surface area contributed by atoms with Crippen molar-refractivity contribution >= 4 is 5.97 Å². The van der Waals surface area contributed by atoms with Gasteiger partial charge in [-0.05, 0) is 37.6 Å². The van der Waals surface area contributed by atoms with Crippen LogP contribution >= 0.6 is 0 Å². The Morgan fingerprint density at radius 2 is 1.85 bits per heavy atom. The molecule has 0 bridgehead atoms. The van der Waals surface area contributed by atoms with Crippen LogP contribution in [-0.4, -0.2) is 35.1 Å². The Morgan fingerprint density at radius 1 is 1.07 bits per heavy atom. The highest BCUT2D eigenvalue weighted by atomic mass is 16.5. The van der Waals surface area contributed by atoms with Crippen LogP contribution in [0, 0.1) is 6.92 Å². The van der Waals surface area contributed by atoms with Gasteiger partial charge in [-0.25, -0.2) is 4.79 Å². The minimum atomic E-state index is -0.529. The van der Waals surface area contributed by atoms with Gasteiger partial charge in [0.2, 0.25) is 0 Å². The largest absolute Gasteiger partial charge is 0.493 e. The zero-order chi connectivity index (χ0) is 19.2. The van der Waals surface area contributed by atoms with Crippen molar-refractivity contribution in [2.45, 2.75) is 20.5 Å². The van der Waals surface area contributed by atoms with Crippen molar-refractivity contribution in [1.82, 2.24) is 15.4 Å². The van der Waals surface area contributed by atoms with Crippen LogP contribution in [0.3, 0.4) is 0 Å². The third-order valence-corrected chi connectivity index (χ3v) is 3.97. The maximum atomic E-state index is 12.0. The van der Waals surface area contributed by atoms with E-state index >= 15 is 0 Å². The van der Waals surface area contributed by atoms with Gasteiger partial charge in [0.15, 0.2) is 17.2 Å². The summed E-state index contributed by atoms with van der Waals surface area (Å²) < 4.78 is 16.3. The molecule has 7 heteroatoms. The molecule has 140 valence electrons. The molecule has 0 saturated heterocycles. The minimum Gasteiger partial charge on any atom is -0.493 e. The second kappa shape index (κ2) is 8.35. The second-order valence-electron chi connectivity index (χ2n) is 5.88. The highest BCUT2D eigenvalue weighted by molar-refractivity contribution is 5.94. The molecule has 0 unspecified atom stereocenters. The predicted molar refractivity (Wildman–Crippen MR) is 99.8 cm³/mol. The smallest absolute Gasteiger partial charge is 0.361 e. The first-order valence-electron chi connectivity index (χ1n) is 8.57. The predicted octanol–water partition coefficient (Wildman–Crippen LogP) is 3.54. The number of hydrogen-bond donors (Lipinski definition) is 1. The maximum absolute atomic E-state index is 12.0. The lowest BCUT2D eigenvalue weighted by atomic mass is 10.1. The number of nitrogens with zero attached hydrogens (tertiary/aromatic N) is 2. The summed E-state index contributed by atoms with van der Waals surface area (Å²) in [5.41, 5.74) is 3.44. The normalized spacial score (nSPS) is 10.5. The number of carbonyl (C=O) groups is 1. The highest BCUT2D eigenvalue weighted by Crippen LogP contribution is 2.33. The number of ether oxygens (including phenoxy) is 3. The van der Waals surface area contributed by atoms with E-state index in [1.807, 2.05) is 31.2 Å². The van der Waals surface area contributed by atoms with E-state index in [-0.39, 0.29) is 12.3 Å². The average molecular weight is 367 g/mol. The fourth-order valence-electron chi connectivity index (χ4n) is 2.56. The zero-order valence-corrected chi connectivity index (χ0v) is 15.5. The van der Waals surface area contributed by atoms with E-state index < -0.39 is 5.97 Å². The number of rotatable bonds is 7. The van der Waals surface area contributed by atoms with Crippen molar-refractivity contribution < 1.29 is 19.0 Å². The molecule has 1 N–H and O–H groups in total. The van der Waals surface area contributed by atoms with E-state index in [9.17, 15) is 4.79 Å². The van der Waals surface area contributed by atoms with Crippen LogP contribution in [0.15, 0.2) is 42.5 Å². The molecule has 0 aliphatic rings. The Bertz CT molecular complexity index is 919. The molecule has 1 heterocycles. The van der Waals surface area contributed by atoms with E-state index in [0.717, 1.165) is 5.56 Å². The van der Waals surface area contributed by atoms with E-state index in [4.69, 9.17) is 14.2 Å². The number of aromatic nitrogens is 3. The molecule has 0 radical (unpaired) electrons. The van der Waals surface area contributed by atoms with Gasteiger partial charge in [-0.1, -0.05) is 29.8 Å². The molecule has 0 amide bonds. The van der Waals surface area contributed by atoms with Crippen molar-refractivity contribution in [3.8, 4) is 22.8 Å². The van der Waals surface area contributed by atoms with Crippen molar-refractivity contribution in [2.24, 2.45) is 0 Å². The molecule has 1 aromatic heterocycles. The minimum absolute atomic E-state index is 0.131. The van der Waals surface area contributed by atoms with Crippen molar-refractivity contribution in [3.63, 3.8) is 0 Å². The highest BCUT2D eigenvalue weighted by Gasteiger charge is 2.20. The molecule has 7 nitrogen and oxygen atoms in total. The van der Waals surface area contributed by atoms with Crippen molar-refractivity contribution in [1.29, 1.82) is 0 Å². The number of esters is 1. The summed E-state index contributed by atoms with van der Waals surface area (Å²) in [6, 6.07) is 13.4. The third kappa shape index (κ3) is 4.25. The number of benzene rings is 2. The van der Waals surface area contributed by atoms with Gasteiger partial charge in [-0.2, -0.15) is 10.3 Å². The Morgan fingerprint density at radius 3 is 2.56 bits per heavy atom. The molecule has 0 aliphatic carbocycles. The number of hydrogen-bond acceptors (Lipinski definition) is 6. The summed E-state index contributed by atoms with van der Waals surface area (Å²) in [6.07, 6.45) is 0. The number of H-pyrrole nitrogens is 1. The molecule has 3 rings (SSSR count). The Balaban J connectivity index is 1.86. The lowest BCUT2D eigenvalue weighted by molar-refractivity contribution is 0.0520. The molecule has 0 saturated carbocycles. The number of aryl methyl sites for hydroxylation is 1. The number of carbonyl (C=O) groups excluding carboxylic acids is 1. The van der Waals surface area contributed by atoms with Gasteiger partial charge in [0.05, 0.1) is 13.7 Å². The van der Waals surface area contributed by atoms with Crippen LogP contribution in [0.25, 0.3) is 11.3 Å². The molecular weight excluding hydrogens is 346 g/mol. The molecule has 0 spiro atoms. The van der Waals surface area contributed by atoms with Crippen LogP contribution < -0.4 is 9.47 Å². The van der Waals surface area contributed by atoms with Crippen LogP contribution in [0.2, 0.25) is 0 Å². The summed E-state index contributed by atoms with van der Waals surface area (Å²) in [5.74, 6) is 0.611. The second-order valence-corrected chi connectivity index (χ2v) is 5.88.